The lowest BCUT2D eigenvalue weighted by Gasteiger charge is -2.13. The quantitative estimate of drug-likeness (QED) is 0.824. The first-order valence-electron chi connectivity index (χ1n) is 4.44. The van der Waals surface area contributed by atoms with Gasteiger partial charge in [0.1, 0.15) is 11.8 Å². The van der Waals surface area contributed by atoms with Crippen LogP contribution in [0.2, 0.25) is 5.02 Å². The Hall–Kier alpha value is -1.42. The molecule has 1 aromatic carbocycles. The van der Waals surface area contributed by atoms with Crippen molar-refractivity contribution in [2.75, 3.05) is 12.4 Å². The van der Waals surface area contributed by atoms with E-state index in [0.717, 1.165) is 0 Å². The second kappa shape index (κ2) is 4.89. The second-order valence-corrected chi connectivity index (χ2v) is 3.52. The molecule has 0 saturated heterocycles. The second-order valence-electron chi connectivity index (χ2n) is 3.11. The van der Waals surface area contributed by atoms with Crippen LogP contribution in [0.25, 0.3) is 0 Å². The summed E-state index contributed by atoms with van der Waals surface area (Å²) in [5.41, 5.74) is 5.76. The Morgan fingerprint density at radius 1 is 1.60 bits per heavy atom. The first-order valence-corrected chi connectivity index (χ1v) is 4.81. The average Bonchev–Trinajstić information content (AvgIpc) is 2.21. The fourth-order valence-corrected chi connectivity index (χ4v) is 1.22. The number of methoxy groups -OCH3 is 1. The number of carbonyl (C=O) groups is 1. The van der Waals surface area contributed by atoms with Gasteiger partial charge in [-0.25, -0.2) is 0 Å². The molecule has 0 saturated carbocycles. The van der Waals surface area contributed by atoms with Crippen molar-refractivity contribution in [3.05, 3.63) is 23.2 Å². The van der Waals surface area contributed by atoms with Crippen LogP contribution in [0.1, 0.15) is 6.92 Å². The van der Waals surface area contributed by atoms with Gasteiger partial charge >= 0.3 is 0 Å². The third kappa shape index (κ3) is 3.02. The summed E-state index contributed by atoms with van der Waals surface area (Å²) < 4.78 is 5.04. The Morgan fingerprint density at radius 2 is 2.27 bits per heavy atom. The Morgan fingerprint density at radius 3 is 2.80 bits per heavy atom. The molecule has 5 heteroatoms. The molecule has 0 aliphatic carbocycles. The minimum Gasteiger partial charge on any atom is -0.497 e. The van der Waals surface area contributed by atoms with E-state index in [-0.39, 0.29) is 0 Å². The molecule has 0 fully saturated rings. The van der Waals surface area contributed by atoms with Crippen molar-refractivity contribution < 1.29 is 9.53 Å². The molecule has 1 aromatic rings. The van der Waals surface area contributed by atoms with Gasteiger partial charge in [0.25, 0.3) is 0 Å². The lowest BCUT2D eigenvalue weighted by molar-refractivity contribution is -0.118. The molecule has 1 unspecified atom stereocenters. The standard InChI is InChI=1S/C10H13ClN2O2/c1-6(10(12)14)13-9-5-7(15-2)3-4-8(9)11/h3-6,13H,1-2H3,(H2,12,14). The van der Waals surface area contributed by atoms with Crippen LogP contribution in [-0.4, -0.2) is 19.1 Å². The van der Waals surface area contributed by atoms with Crippen LogP contribution in [-0.2, 0) is 4.79 Å². The molecule has 0 heterocycles. The molecule has 1 rings (SSSR count). The first kappa shape index (κ1) is 11.7. The van der Waals surface area contributed by atoms with Crippen LogP contribution in [0, 0.1) is 0 Å². The summed E-state index contributed by atoms with van der Waals surface area (Å²) in [6.45, 7) is 1.66. The summed E-state index contributed by atoms with van der Waals surface area (Å²) in [4.78, 5) is 10.9. The van der Waals surface area contributed by atoms with Gasteiger partial charge in [-0.2, -0.15) is 0 Å². The van der Waals surface area contributed by atoms with Crippen LogP contribution >= 0.6 is 11.6 Å². The maximum Gasteiger partial charge on any atom is 0.239 e. The number of hydrogen-bond acceptors (Lipinski definition) is 3. The van der Waals surface area contributed by atoms with Gasteiger partial charge in [-0.1, -0.05) is 11.6 Å². The number of carbonyl (C=O) groups excluding carboxylic acids is 1. The number of ether oxygens (including phenoxy) is 1. The maximum atomic E-state index is 10.9. The molecule has 0 spiro atoms. The first-order chi connectivity index (χ1) is 7.04. The van der Waals surface area contributed by atoms with Gasteiger partial charge in [0, 0.05) is 6.07 Å². The Bertz CT molecular complexity index is 368. The Labute approximate surface area is 93.4 Å². The molecular weight excluding hydrogens is 216 g/mol. The van der Waals surface area contributed by atoms with Crippen molar-refractivity contribution >= 4 is 23.2 Å². The number of primary amides is 1. The lowest BCUT2D eigenvalue weighted by Crippen LogP contribution is -2.32. The summed E-state index contributed by atoms with van der Waals surface area (Å²) >= 11 is 5.93. The van der Waals surface area contributed by atoms with Crippen molar-refractivity contribution in [3.8, 4) is 5.75 Å². The molecule has 0 aliphatic rings. The van der Waals surface area contributed by atoms with Crippen molar-refractivity contribution in [2.24, 2.45) is 5.73 Å². The highest BCUT2D eigenvalue weighted by Crippen LogP contribution is 2.27. The Kier molecular flexibility index (Phi) is 3.80. The van der Waals surface area contributed by atoms with Gasteiger partial charge in [-0.15, -0.1) is 0 Å². The van der Waals surface area contributed by atoms with Crippen LogP contribution in [0.4, 0.5) is 5.69 Å². The third-order valence-corrected chi connectivity index (χ3v) is 2.30. The summed E-state index contributed by atoms with van der Waals surface area (Å²) in [5.74, 6) is 0.229. The zero-order chi connectivity index (χ0) is 11.4. The molecule has 0 radical (unpaired) electrons. The molecule has 1 amide bonds. The highest BCUT2D eigenvalue weighted by atomic mass is 35.5. The lowest BCUT2D eigenvalue weighted by atomic mass is 10.2. The van der Waals surface area contributed by atoms with Gasteiger partial charge in [0.2, 0.25) is 5.91 Å². The minimum atomic E-state index is -0.477. The van der Waals surface area contributed by atoms with Crippen LogP contribution in [0.5, 0.6) is 5.75 Å². The van der Waals surface area contributed by atoms with E-state index < -0.39 is 11.9 Å². The molecule has 0 bridgehead atoms. The average molecular weight is 229 g/mol. The Balaban J connectivity index is 2.88. The number of benzene rings is 1. The molecule has 82 valence electrons. The molecule has 0 aliphatic heterocycles. The minimum absolute atomic E-state index is 0.436. The van der Waals surface area contributed by atoms with Crippen LogP contribution in [0.15, 0.2) is 18.2 Å². The predicted octanol–water partition coefficient (Wildman–Crippen LogP) is 1.63. The number of rotatable bonds is 4. The van der Waals surface area contributed by atoms with E-state index in [4.69, 9.17) is 22.1 Å². The van der Waals surface area contributed by atoms with E-state index in [9.17, 15) is 4.79 Å². The number of nitrogens with two attached hydrogens (primary N) is 1. The van der Waals surface area contributed by atoms with Crippen molar-refractivity contribution in [2.45, 2.75) is 13.0 Å². The molecule has 3 N–H and O–H groups in total. The van der Waals surface area contributed by atoms with Gasteiger partial charge in [-0.05, 0) is 19.1 Å². The topological polar surface area (TPSA) is 64.3 Å². The number of anilines is 1. The summed E-state index contributed by atoms with van der Waals surface area (Å²) in [7, 11) is 1.56. The van der Waals surface area contributed by atoms with Gasteiger partial charge < -0.3 is 15.8 Å². The fraction of sp³-hybridized carbons (Fsp3) is 0.300. The van der Waals surface area contributed by atoms with E-state index in [2.05, 4.69) is 5.32 Å². The predicted molar refractivity (Wildman–Crippen MR) is 60.3 cm³/mol. The molecule has 0 aromatic heterocycles. The summed E-state index contributed by atoms with van der Waals surface area (Å²) in [5, 5.41) is 3.42. The highest BCUT2D eigenvalue weighted by molar-refractivity contribution is 6.33. The zero-order valence-corrected chi connectivity index (χ0v) is 9.34. The number of halogens is 1. The molecule has 4 nitrogen and oxygen atoms in total. The van der Waals surface area contributed by atoms with Gasteiger partial charge in [0.05, 0.1) is 17.8 Å². The van der Waals surface area contributed by atoms with Gasteiger partial charge in [0.15, 0.2) is 0 Å². The highest BCUT2D eigenvalue weighted by Gasteiger charge is 2.10. The number of hydrogen-bond donors (Lipinski definition) is 2. The normalized spacial score (nSPS) is 11.9. The zero-order valence-electron chi connectivity index (χ0n) is 8.58. The van der Waals surface area contributed by atoms with E-state index in [1.165, 1.54) is 0 Å². The summed E-state index contributed by atoms with van der Waals surface area (Å²) in [6.07, 6.45) is 0. The SMILES string of the molecule is COc1ccc(Cl)c(NC(C)C(N)=O)c1. The fourth-order valence-electron chi connectivity index (χ4n) is 1.05. The van der Waals surface area contributed by atoms with E-state index in [1.807, 2.05) is 0 Å². The van der Waals surface area contributed by atoms with Crippen LogP contribution in [0.3, 0.4) is 0 Å². The molecular formula is C10H13ClN2O2. The van der Waals surface area contributed by atoms with Gasteiger partial charge in [-0.3, -0.25) is 4.79 Å². The van der Waals surface area contributed by atoms with Crippen molar-refractivity contribution in [1.82, 2.24) is 0 Å². The van der Waals surface area contributed by atoms with E-state index >= 15 is 0 Å². The third-order valence-electron chi connectivity index (χ3n) is 1.97. The van der Waals surface area contributed by atoms with Crippen molar-refractivity contribution in [3.63, 3.8) is 0 Å². The van der Waals surface area contributed by atoms with Crippen molar-refractivity contribution in [1.29, 1.82) is 0 Å². The van der Waals surface area contributed by atoms with Crippen LogP contribution < -0.4 is 15.8 Å². The molecule has 1 atom stereocenters. The largest absolute Gasteiger partial charge is 0.497 e. The molecule has 15 heavy (non-hydrogen) atoms. The number of amides is 1. The monoisotopic (exact) mass is 228 g/mol. The van der Waals surface area contributed by atoms with E-state index in [1.54, 1.807) is 32.2 Å². The number of nitrogens with one attached hydrogen (secondary N) is 1. The maximum absolute atomic E-state index is 10.9. The smallest absolute Gasteiger partial charge is 0.239 e. The summed E-state index contributed by atoms with van der Waals surface area (Å²) in [6, 6.07) is 4.66. The van der Waals surface area contributed by atoms with E-state index in [0.29, 0.717) is 16.5 Å².